The minimum absolute atomic E-state index is 0.572. The molecule has 0 radical (unpaired) electrons. The van der Waals surface area contributed by atoms with E-state index in [1.54, 1.807) is 18.5 Å². The Balaban J connectivity index is 2.18. The van der Waals surface area contributed by atoms with Gasteiger partial charge in [-0.05, 0) is 19.4 Å². The van der Waals surface area contributed by atoms with Crippen LogP contribution in [0.5, 0.6) is 0 Å². The molecule has 4 nitrogen and oxygen atoms in total. The van der Waals surface area contributed by atoms with E-state index < -0.39 is 0 Å². The third-order valence-corrected chi connectivity index (χ3v) is 2.36. The quantitative estimate of drug-likeness (QED) is 0.711. The van der Waals surface area contributed by atoms with E-state index in [0.717, 1.165) is 25.3 Å². The van der Waals surface area contributed by atoms with Crippen molar-refractivity contribution in [3.05, 3.63) is 18.5 Å². The lowest BCUT2D eigenvalue weighted by Crippen LogP contribution is -2.24. The summed E-state index contributed by atoms with van der Waals surface area (Å²) >= 11 is 0. The van der Waals surface area contributed by atoms with Crippen LogP contribution in [0.3, 0.4) is 0 Å². The maximum absolute atomic E-state index is 4.43. The molecule has 1 aromatic heterocycles. The molecule has 0 atom stereocenters. The van der Waals surface area contributed by atoms with Gasteiger partial charge in [0.15, 0.2) is 0 Å². The van der Waals surface area contributed by atoms with E-state index >= 15 is 0 Å². The molecule has 0 bridgehead atoms. The van der Waals surface area contributed by atoms with Crippen LogP contribution in [0.1, 0.15) is 19.8 Å². The van der Waals surface area contributed by atoms with Crippen LogP contribution in [-0.2, 0) is 0 Å². The molecule has 0 aliphatic carbocycles. The van der Waals surface area contributed by atoms with E-state index in [1.165, 1.54) is 6.42 Å². The van der Waals surface area contributed by atoms with Crippen LogP contribution < -0.4 is 0 Å². The molecule has 0 saturated carbocycles. The first-order chi connectivity index (χ1) is 6.90. The first kappa shape index (κ1) is 9.12. The van der Waals surface area contributed by atoms with Gasteiger partial charge in [0.05, 0.1) is 0 Å². The number of aromatic nitrogens is 2. The summed E-state index contributed by atoms with van der Waals surface area (Å²) in [5, 5.41) is 0. The monoisotopic (exact) mass is 190 g/mol. The highest BCUT2D eigenvalue weighted by molar-refractivity contribution is 5.85. The molecule has 4 heteroatoms. The van der Waals surface area contributed by atoms with Crippen molar-refractivity contribution in [2.24, 2.45) is 4.99 Å². The van der Waals surface area contributed by atoms with Crippen molar-refractivity contribution >= 4 is 11.8 Å². The van der Waals surface area contributed by atoms with Crippen molar-refractivity contribution in [2.75, 3.05) is 13.1 Å². The lowest BCUT2D eigenvalue weighted by atomic mass is 10.4. The van der Waals surface area contributed by atoms with Gasteiger partial charge in [-0.15, -0.1) is 0 Å². The number of rotatable bonds is 2. The summed E-state index contributed by atoms with van der Waals surface area (Å²) in [4.78, 5) is 14.9. The number of amidine groups is 1. The lowest BCUT2D eigenvalue weighted by Gasteiger charge is -2.14. The number of aliphatic imine (C=N–C) groups is 1. The van der Waals surface area contributed by atoms with Crippen LogP contribution in [0.25, 0.3) is 0 Å². The molecular formula is C10H14N4. The first-order valence-electron chi connectivity index (χ1n) is 4.99. The SMILES string of the molecule is CCN1CCC/C1=N/c1ncccn1. The predicted molar refractivity (Wildman–Crippen MR) is 55.6 cm³/mol. The molecule has 74 valence electrons. The van der Waals surface area contributed by atoms with Gasteiger partial charge >= 0.3 is 0 Å². The van der Waals surface area contributed by atoms with E-state index in [0.29, 0.717) is 5.95 Å². The largest absolute Gasteiger partial charge is 0.360 e. The maximum Gasteiger partial charge on any atom is 0.250 e. The van der Waals surface area contributed by atoms with Gasteiger partial charge < -0.3 is 4.90 Å². The van der Waals surface area contributed by atoms with Gasteiger partial charge in [0.1, 0.15) is 5.84 Å². The van der Waals surface area contributed by atoms with Crippen LogP contribution in [0, 0.1) is 0 Å². The van der Waals surface area contributed by atoms with Crippen LogP contribution in [-0.4, -0.2) is 33.8 Å². The highest BCUT2D eigenvalue weighted by atomic mass is 15.2. The van der Waals surface area contributed by atoms with E-state index in [-0.39, 0.29) is 0 Å². The second-order valence-corrected chi connectivity index (χ2v) is 3.26. The fourth-order valence-corrected chi connectivity index (χ4v) is 1.65. The summed E-state index contributed by atoms with van der Waals surface area (Å²) in [5.74, 6) is 1.70. The highest BCUT2D eigenvalue weighted by Crippen LogP contribution is 2.14. The molecule has 1 fully saturated rings. The average molecular weight is 190 g/mol. The molecule has 2 heterocycles. The molecule has 0 amide bonds. The summed E-state index contributed by atoms with van der Waals surface area (Å²) in [6.45, 7) is 4.28. The Morgan fingerprint density at radius 1 is 1.43 bits per heavy atom. The molecule has 1 aliphatic heterocycles. The zero-order valence-electron chi connectivity index (χ0n) is 8.35. The zero-order valence-corrected chi connectivity index (χ0v) is 8.35. The molecule has 0 aromatic carbocycles. The van der Waals surface area contributed by atoms with Crippen molar-refractivity contribution in [1.29, 1.82) is 0 Å². The molecule has 2 rings (SSSR count). The summed E-state index contributed by atoms with van der Waals surface area (Å²) in [6, 6.07) is 1.80. The number of nitrogens with zero attached hydrogens (tertiary/aromatic N) is 4. The Morgan fingerprint density at radius 2 is 2.21 bits per heavy atom. The highest BCUT2D eigenvalue weighted by Gasteiger charge is 2.16. The first-order valence-corrected chi connectivity index (χ1v) is 4.99. The normalized spacial score (nSPS) is 19.2. The second kappa shape index (κ2) is 4.17. The van der Waals surface area contributed by atoms with Crippen molar-refractivity contribution in [3.8, 4) is 0 Å². The van der Waals surface area contributed by atoms with E-state index in [1.807, 2.05) is 0 Å². The molecule has 1 aromatic rings. The molecule has 0 unspecified atom stereocenters. The molecule has 1 saturated heterocycles. The molecule has 0 spiro atoms. The van der Waals surface area contributed by atoms with Crippen molar-refractivity contribution in [3.63, 3.8) is 0 Å². The number of hydrogen-bond acceptors (Lipinski definition) is 3. The van der Waals surface area contributed by atoms with Crippen LogP contribution in [0.15, 0.2) is 23.5 Å². The average Bonchev–Trinajstić information content (AvgIpc) is 2.67. The number of likely N-dealkylation sites (tertiary alicyclic amines) is 1. The Labute approximate surface area is 83.7 Å². The van der Waals surface area contributed by atoms with Crippen LogP contribution in [0.2, 0.25) is 0 Å². The minimum atomic E-state index is 0.572. The Morgan fingerprint density at radius 3 is 2.93 bits per heavy atom. The summed E-state index contributed by atoms with van der Waals surface area (Å²) in [6.07, 6.45) is 5.68. The standard InChI is InChI=1S/C10H14N4/c1-2-14-8-3-5-9(14)13-10-11-6-4-7-12-10/h4,6-7H,2-3,5,8H2,1H3/b13-9-. The minimum Gasteiger partial charge on any atom is -0.360 e. The van der Waals surface area contributed by atoms with Gasteiger partial charge in [-0.25, -0.2) is 9.97 Å². The van der Waals surface area contributed by atoms with E-state index in [2.05, 4.69) is 26.8 Å². The number of hydrogen-bond donors (Lipinski definition) is 0. The predicted octanol–water partition coefficient (Wildman–Crippen LogP) is 1.62. The third kappa shape index (κ3) is 1.89. The fourth-order valence-electron chi connectivity index (χ4n) is 1.65. The van der Waals surface area contributed by atoms with Crippen molar-refractivity contribution in [1.82, 2.24) is 14.9 Å². The maximum atomic E-state index is 4.43. The van der Waals surface area contributed by atoms with Gasteiger partial charge in [0.2, 0.25) is 0 Å². The van der Waals surface area contributed by atoms with Gasteiger partial charge in [0.25, 0.3) is 5.95 Å². The summed E-state index contributed by atoms with van der Waals surface area (Å²) in [7, 11) is 0. The van der Waals surface area contributed by atoms with E-state index in [4.69, 9.17) is 0 Å². The lowest BCUT2D eigenvalue weighted by molar-refractivity contribution is 0.479. The smallest absolute Gasteiger partial charge is 0.250 e. The van der Waals surface area contributed by atoms with Crippen molar-refractivity contribution < 1.29 is 0 Å². The van der Waals surface area contributed by atoms with Gasteiger partial charge in [-0.1, -0.05) is 0 Å². The second-order valence-electron chi connectivity index (χ2n) is 3.26. The molecule has 14 heavy (non-hydrogen) atoms. The van der Waals surface area contributed by atoms with Crippen LogP contribution >= 0.6 is 0 Å². The van der Waals surface area contributed by atoms with Crippen LogP contribution in [0.4, 0.5) is 5.95 Å². The summed E-state index contributed by atoms with van der Waals surface area (Å²) in [5.41, 5.74) is 0. The molecular weight excluding hydrogens is 176 g/mol. The van der Waals surface area contributed by atoms with Gasteiger partial charge in [-0.3, -0.25) is 0 Å². The Kier molecular flexibility index (Phi) is 2.72. The Hall–Kier alpha value is -1.45. The zero-order chi connectivity index (χ0) is 9.80. The molecule has 0 N–H and O–H groups in total. The Bertz CT molecular complexity index is 320. The summed E-state index contributed by atoms with van der Waals surface area (Å²) < 4.78 is 0. The third-order valence-electron chi connectivity index (χ3n) is 2.36. The van der Waals surface area contributed by atoms with Gasteiger partial charge in [-0.2, -0.15) is 4.99 Å². The van der Waals surface area contributed by atoms with E-state index in [9.17, 15) is 0 Å². The fraction of sp³-hybridized carbons (Fsp3) is 0.500. The van der Waals surface area contributed by atoms with Gasteiger partial charge in [0, 0.05) is 31.9 Å². The van der Waals surface area contributed by atoms with Crippen molar-refractivity contribution in [2.45, 2.75) is 19.8 Å². The topological polar surface area (TPSA) is 41.4 Å². The molecule has 1 aliphatic rings.